The molecule has 2 aromatic rings. The second kappa shape index (κ2) is 12.1. The van der Waals surface area contributed by atoms with E-state index in [1.54, 1.807) is 24.3 Å². The van der Waals surface area contributed by atoms with Crippen LogP contribution in [0.4, 0.5) is 11.4 Å². The predicted octanol–water partition coefficient (Wildman–Crippen LogP) is 4.59. The Labute approximate surface area is 208 Å². The van der Waals surface area contributed by atoms with E-state index in [0.717, 1.165) is 11.3 Å². The Morgan fingerprint density at radius 2 is 1.75 bits per heavy atom. The number of carbonyl (C=O) groups is 4. The third-order valence-corrected chi connectivity index (χ3v) is 5.79. The Bertz CT molecular complexity index is 1160. The predicted molar refractivity (Wildman–Crippen MR) is 132 cm³/mol. The number of ether oxygens (including phenoxy) is 1. The van der Waals surface area contributed by atoms with Crippen molar-refractivity contribution in [1.29, 1.82) is 0 Å². The summed E-state index contributed by atoms with van der Waals surface area (Å²) in [4.78, 5) is 60.8. The molecule has 0 aliphatic carbocycles. The van der Waals surface area contributed by atoms with Crippen LogP contribution in [0.5, 0.6) is 0 Å². The van der Waals surface area contributed by atoms with Gasteiger partial charge in [0.15, 0.2) is 0 Å². The van der Waals surface area contributed by atoms with Gasteiger partial charge >= 0.3 is 5.97 Å². The minimum absolute atomic E-state index is 0.0448. The van der Waals surface area contributed by atoms with Crippen LogP contribution in [-0.4, -0.2) is 46.7 Å². The molecule has 0 spiro atoms. The van der Waals surface area contributed by atoms with E-state index < -0.39 is 22.7 Å². The Kier molecular flexibility index (Phi) is 8.88. The Morgan fingerprint density at radius 1 is 1.03 bits per heavy atom. The van der Waals surface area contributed by atoms with Crippen molar-refractivity contribution in [3.05, 3.63) is 69.3 Å². The highest BCUT2D eigenvalue weighted by Gasteiger charge is 2.40. The molecule has 0 saturated heterocycles. The SMILES string of the molecule is CC(C)CCOC(=O)c1ccc(NC(=O)CCCCCN2C(=O)c3cccc([N+](=O)[O-])c3C2=O)cc1. The quantitative estimate of drug-likeness (QED) is 0.149. The van der Waals surface area contributed by atoms with Gasteiger partial charge in [-0.25, -0.2) is 4.79 Å². The number of nitrogens with one attached hydrogen (secondary N) is 1. The molecule has 10 nitrogen and oxygen atoms in total. The average molecular weight is 496 g/mol. The monoisotopic (exact) mass is 495 g/mol. The van der Waals surface area contributed by atoms with Crippen molar-refractivity contribution < 1.29 is 28.8 Å². The molecule has 0 saturated carbocycles. The van der Waals surface area contributed by atoms with Gasteiger partial charge in [0, 0.05) is 24.7 Å². The van der Waals surface area contributed by atoms with E-state index in [-0.39, 0.29) is 35.7 Å². The van der Waals surface area contributed by atoms with Gasteiger partial charge in [-0.05, 0) is 55.5 Å². The number of hydrogen-bond donors (Lipinski definition) is 1. The number of hydrogen-bond acceptors (Lipinski definition) is 7. The van der Waals surface area contributed by atoms with Crippen LogP contribution in [0.15, 0.2) is 42.5 Å². The zero-order valence-electron chi connectivity index (χ0n) is 20.3. The number of imide groups is 1. The van der Waals surface area contributed by atoms with Gasteiger partial charge in [-0.1, -0.05) is 26.3 Å². The van der Waals surface area contributed by atoms with E-state index >= 15 is 0 Å². The molecule has 1 heterocycles. The van der Waals surface area contributed by atoms with Gasteiger partial charge in [0.25, 0.3) is 17.5 Å². The van der Waals surface area contributed by atoms with E-state index in [0.29, 0.717) is 43.0 Å². The highest BCUT2D eigenvalue weighted by Crippen LogP contribution is 2.30. The molecule has 0 unspecified atom stereocenters. The highest BCUT2D eigenvalue weighted by molar-refractivity contribution is 6.23. The zero-order chi connectivity index (χ0) is 26.2. The van der Waals surface area contributed by atoms with Gasteiger partial charge in [0.2, 0.25) is 5.91 Å². The van der Waals surface area contributed by atoms with Crippen LogP contribution in [-0.2, 0) is 9.53 Å². The number of rotatable bonds is 12. The molecular formula is C26H29N3O7. The van der Waals surface area contributed by atoms with Gasteiger partial charge in [-0.2, -0.15) is 0 Å². The van der Waals surface area contributed by atoms with E-state index in [2.05, 4.69) is 19.2 Å². The van der Waals surface area contributed by atoms with E-state index in [9.17, 15) is 29.3 Å². The van der Waals surface area contributed by atoms with Gasteiger partial charge < -0.3 is 10.1 Å². The summed E-state index contributed by atoms with van der Waals surface area (Å²) in [5.74, 6) is -1.35. The first-order valence-corrected chi connectivity index (χ1v) is 11.9. The molecule has 1 aliphatic rings. The first kappa shape index (κ1) is 26.5. The van der Waals surface area contributed by atoms with Crippen LogP contribution in [0.3, 0.4) is 0 Å². The van der Waals surface area contributed by atoms with Gasteiger partial charge in [0.1, 0.15) is 5.56 Å². The lowest BCUT2D eigenvalue weighted by Gasteiger charge is -2.13. The third kappa shape index (κ3) is 6.53. The maximum Gasteiger partial charge on any atom is 0.338 e. The second-order valence-corrected chi connectivity index (χ2v) is 8.97. The molecule has 0 radical (unpaired) electrons. The van der Waals surface area contributed by atoms with E-state index in [1.165, 1.54) is 18.2 Å². The fraction of sp³-hybridized carbons (Fsp3) is 0.385. The van der Waals surface area contributed by atoms with Crippen LogP contribution in [0.2, 0.25) is 0 Å². The lowest BCUT2D eigenvalue weighted by molar-refractivity contribution is -0.385. The number of anilines is 1. The van der Waals surface area contributed by atoms with Crippen molar-refractivity contribution in [2.24, 2.45) is 5.92 Å². The highest BCUT2D eigenvalue weighted by atomic mass is 16.6. The van der Waals surface area contributed by atoms with Crippen LogP contribution in [0.1, 0.15) is 77.0 Å². The molecular weight excluding hydrogens is 466 g/mol. The molecule has 36 heavy (non-hydrogen) atoms. The summed E-state index contributed by atoms with van der Waals surface area (Å²) in [6, 6.07) is 10.5. The van der Waals surface area contributed by atoms with Crippen LogP contribution in [0.25, 0.3) is 0 Å². The number of benzene rings is 2. The molecule has 190 valence electrons. The Hall–Kier alpha value is -4.08. The minimum Gasteiger partial charge on any atom is -0.462 e. The summed E-state index contributed by atoms with van der Waals surface area (Å²) >= 11 is 0. The third-order valence-electron chi connectivity index (χ3n) is 5.79. The largest absolute Gasteiger partial charge is 0.462 e. The molecule has 2 aromatic carbocycles. The standard InChI is InChI=1S/C26H29N3O7/c1-17(2)14-16-36-26(33)18-10-12-19(13-11-18)27-22(30)9-4-3-5-15-28-24(31)20-7-6-8-21(29(34)35)23(20)25(28)32/h6-8,10-13,17H,3-5,9,14-16H2,1-2H3,(H,27,30). The molecule has 3 amide bonds. The summed E-state index contributed by atoms with van der Waals surface area (Å²) in [6.07, 6.45) is 2.63. The molecule has 1 N–H and O–H groups in total. The van der Waals surface area contributed by atoms with Crippen LogP contribution in [0, 0.1) is 16.0 Å². The number of nitrogens with zero attached hydrogens (tertiary/aromatic N) is 2. The average Bonchev–Trinajstić information content (AvgIpc) is 3.08. The smallest absolute Gasteiger partial charge is 0.338 e. The molecule has 0 fully saturated rings. The molecule has 3 rings (SSSR count). The lowest BCUT2D eigenvalue weighted by atomic mass is 10.1. The first-order chi connectivity index (χ1) is 17.2. The van der Waals surface area contributed by atoms with E-state index in [4.69, 9.17) is 4.74 Å². The van der Waals surface area contributed by atoms with Gasteiger partial charge in [0.05, 0.1) is 22.7 Å². The maximum absolute atomic E-state index is 12.6. The summed E-state index contributed by atoms with van der Waals surface area (Å²) in [7, 11) is 0. The summed E-state index contributed by atoms with van der Waals surface area (Å²) in [5, 5.41) is 14.0. The molecule has 0 bridgehead atoms. The van der Waals surface area contributed by atoms with Crippen molar-refractivity contribution >= 4 is 35.1 Å². The fourth-order valence-corrected chi connectivity index (χ4v) is 3.79. The van der Waals surface area contributed by atoms with Crippen molar-refractivity contribution in [2.45, 2.75) is 46.0 Å². The maximum atomic E-state index is 12.6. The van der Waals surface area contributed by atoms with Crippen molar-refractivity contribution in [2.75, 3.05) is 18.5 Å². The number of fused-ring (bicyclic) bond motifs is 1. The topological polar surface area (TPSA) is 136 Å². The number of nitro groups is 1. The number of carbonyl (C=O) groups excluding carboxylic acids is 4. The normalized spacial score (nSPS) is 12.6. The number of unbranched alkanes of at least 4 members (excludes halogenated alkanes) is 2. The lowest BCUT2D eigenvalue weighted by Crippen LogP contribution is -2.30. The Morgan fingerprint density at radius 3 is 2.42 bits per heavy atom. The molecule has 10 heteroatoms. The summed E-state index contributed by atoms with van der Waals surface area (Å²) < 4.78 is 5.22. The molecule has 1 aliphatic heterocycles. The number of nitro benzene ring substituents is 1. The van der Waals surface area contributed by atoms with Gasteiger partial charge in [-0.15, -0.1) is 0 Å². The van der Waals surface area contributed by atoms with Crippen LogP contribution >= 0.6 is 0 Å². The zero-order valence-corrected chi connectivity index (χ0v) is 20.3. The Balaban J connectivity index is 1.39. The van der Waals surface area contributed by atoms with Crippen LogP contribution < -0.4 is 5.32 Å². The summed E-state index contributed by atoms with van der Waals surface area (Å²) in [6.45, 7) is 4.59. The van der Waals surface area contributed by atoms with Crippen molar-refractivity contribution in [3.63, 3.8) is 0 Å². The molecule has 0 atom stereocenters. The fourth-order valence-electron chi connectivity index (χ4n) is 3.79. The van der Waals surface area contributed by atoms with E-state index in [1.807, 2.05) is 0 Å². The summed E-state index contributed by atoms with van der Waals surface area (Å²) in [5.41, 5.74) is 0.479. The van der Waals surface area contributed by atoms with Crippen molar-refractivity contribution in [3.8, 4) is 0 Å². The second-order valence-electron chi connectivity index (χ2n) is 8.97. The van der Waals surface area contributed by atoms with Crippen molar-refractivity contribution in [1.82, 2.24) is 4.90 Å². The number of amides is 3. The minimum atomic E-state index is -0.667. The first-order valence-electron chi connectivity index (χ1n) is 11.9. The number of esters is 1. The van der Waals surface area contributed by atoms with Gasteiger partial charge in [-0.3, -0.25) is 29.4 Å². The molecule has 0 aromatic heterocycles.